The SMILES string of the molecule is COc1ccc(Br)cc1C(=O)N1CCC(C)(O)C1. The predicted molar refractivity (Wildman–Crippen MR) is 71.8 cm³/mol. The molecule has 1 heterocycles. The van der Waals surface area contributed by atoms with E-state index < -0.39 is 5.60 Å². The van der Waals surface area contributed by atoms with Crippen molar-refractivity contribution in [1.29, 1.82) is 0 Å². The van der Waals surface area contributed by atoms with Crippen molar-refractivity contribution >= 4 is 21.8 Å². The minimum Gasteiger partial charge on any atom is -0.496 e. The van der Waals surface area contributed by atoms with Gasteiger partial charge in [0.2, 0.25) is 0 Å². The summed E-state index contributed by atoms with van der Waals surface area (Å²) in [6, 6.07) is 5.33. The highest BCUT2D eigenvalue weighted by Gasteiger charge is 2.35. The van der Waals surface area contributed by atoms with Crippen molar-refractivity contribution in [3.63, 3.8) is 0 Å². The Balaban J connectivity index is 2.26. The third kappa shape index (κ3) is 2.67. The Hall–Kier alpha value is -1.07. The van der Waals surface area contributed by atoms with Crippen LogP contribution in [-0.2, 0) is 0 Å². The molecule has 1 amide bonds. The molecule has 1 aliphatic heterocycles. The molecule has 1 aromatic rings. The Bertz CT molecular complexity index is 473. The van der Waals surface area contributed by atoms with Crippen LogP contribution in [0, 0.1) is 0 Å². The third-order valence-corrected chi connectivity index (χ3v) is 3.62. The van der Waals surface area contributed by atoms with Gasteiger partial charge in [-0.2, -0.15) is 0 Å². The van der Waals surface area contributed by atoms with Gasteiger partial charge in [-0.1, -0.05) is 15.9 Å². The molecule has 98 valence electrons. The first-order chi connectivity index (χ1) is 8.43. The van der Waals surface area contributed by atoms with Gasteiger partial charge in [-0.15, -0.1) is 0 Å². The lowest BCUT2D eigenvalue weighted by Crippen LogP contribution is -2.34. The second-order valence-electron chi connectivity index (χ2n) is 4.82. The summed E-state index contributed by atoms with van der Waals surface area (Å²) in [5, 5.41) is 9.91. The molecule has 0 aliphatic carbocycles. The largest absolute Gasteiger partial charge is 0.496 e. The summed E-state index contributed by atoms with van der Waals surface area (Å²) in [6.07, 6.45) is 0.606. The van der Waals surface area contributed by atoms with E-state index in [-0.39, 0.29) is 5.91 Å². The number of halogens is 1. The monoisotopic (exact) mass is 313 g/mol. The van der Waals surface area contributed by atoms with E-state index in [9.17, 15) is 9.90 Å². The van der Waals surface area contributed by atoms with Crippen LogP contribution in [0.3, 0.4) is 0 Å². The minimum atomic E-state index is -0.783. The van der Waals surface area contributed by atoms with Crippen LogP contribution < -0.4 is 4.74 Å². The smallest absolute Gasteiger partial charge is 0.257 e. The van der Waals surface area contributed by atoms with E-state index in [0.29, 0.717) is 30.8 Å². The van der Waals surface area contributed by atoms with Gasteiger partial charge in [0.05, 0.1) is 18.3 Å². The normalized spacial score (nSPS) is 23.2. The summed E-state index contributed by atoms with van der Waals surface area (Å²) in [5.41, 5.74) is -0.265. The van der Waals surface area contributed by atoms with Crippen LogP contribution >= 0.6 is 15.9 Å². The Kier molecular flexibility index (Phi) is 3.64. The number of β-amino-alcohol motifs (C(OH)–C–C–N with tert-alkyl or cyclic N) is 1. The first-order valence-electron chi connectivity index (χ1n) is 5.78. The fourth-order valence-corrected chi connectivity index (χ4v) is 2.50. The first kappa shape index (κ1) is 13.4. The Morgan fingerprint density at radius 3 is 2.83 bits per heavy atom. The maximum absolute atomic E-state index is 12.4. The van der Waals surface area contributed by atoms with Crippen molar-refractivity contribution in [2.24, 2.45) is 0 Å². The van der Waals surface area contributed by atoms with E-state index in [1.165, 1.54) is 0 Å². The fourth-order valence-electron chi connectivity index (χ4n) is 2.14. The molecule has 1 saturated heterocycles. The topological polar surface area (TPSA) is 49.8 Å². The average Bonchev–Trinajstić information content (AvgIpc) is 2.68. The molecule has 0 saturated carbocycles. The van der Waals surface area contributed by atoms with Crippen molar-refractivity contribution in [1.82, 2.24) is 4.90 Å². The van der Waals surface area contributed by atoms with Crippen LogP contribution in [0.5, 0.6) is 5.75 Å². The van der Waals surface area contributed by atoms with Gasteiger partial charge in [-0.25, -0.2) is 0 Å². The van der Waals surface area contributed by atoms with Gasteiger partial charge in [-0.3, -0.25) is 4.79 Å². The number of methoxy groups -OCH3 is 1. The number of carbonyl (C=O) groups excluding carboxylic acids is 1. The van der Waals surface area contributed by atoms with Crippen LogP contribution in [0.1, 0.15) is 23.7 Å². The molecule has 1 atom stereocenters. The molecule has 1 N–H and O–H groups in total. The van der Waals surface area contributed by atoms with Crippen molar-refractivity contribution in [3.05, 3.63) is 28.2 Å². The van der Waals surface area contributed by atoms with Gasteiger partial charge in [0, 0.05) is 17.6 Å². The van der Waals surface area contributed by atoms with Gasteiger partial charge >= 0.3 is 0 Å². The van der Waals surface area contributed by atoms with E-state index in [0.717, 1.165) is 4.47 Å². The lowest BCUT2D eigenvalue weighted by atomic mass is 10.1. The summed E-state index contributed by atoms with van der Waals surface area (Å²) >= 11 is 3.35. The highest BCUT2D eigenvalue weighted by molar-refractivity contribution is 9.10. The second kappa shape index (κ2) is 4.90. The molecular weight excluding hydrogens is 298 g/mol. The Labute approximate surface area is 115 Å². The van der Waals surface area contributed by atoms with Crippen molar-refractivity contribution < 1.29 is 14.6 Å². The van der Waals surface area contributed by atoms with Gasteiger partial charge < -0.3 is 14.7 Å². The molecule has 0 bridgehead atoms. The number of aliphatic hydroxyl groups is 1. The second-order valence-corrected chi connectivity index (χ2v) is 5.73. The van der Waals surface area contributed by atoms with Crippen LogP contribution in [0.15, 0.2) is 22.7 Å². The summed E-state index contributed by atoms with van der Waals surface area (Å²) in [5.74, 6) is 0.445. The molecule has 5 heteroatoms. The van der Waals surface area contributed by atoms with Crippen LogP contribution in [0.25, 0.3) is 0 Å². The number of carbonyl (C=O) groups is 1. The standard InChI is InChI=1S/C13H16BrNO3/c1-13(17)5-6-15(8-13)12(16)10-7-9(14)3-4-11(10)18-2/h3-4,7,17H,5-6,8H2,1-2H3. The number of hydrogen-bond donors (Lipinski definition) is 1. The highest BCUT2D eigenvalue weighted by Crippen LogP contribution is 2.27. The fraction of sp³-hybridized carbons (Fsp3) is 0.462. The van der Waals surface area contributed by atoms with Crippen LogP contribution in [0.4, 0.5) is 0 Å². The zero-order valence-electron chi connectivity index (χ0n) is 10.4. The molecule has 2 rings (SSSR count). The highest BCUT2D eigenvalue weighted by atomic mass is 79.9. The van der Waals surface area contributed by atoms with Gasteiger partial charge in [0.25, 0.3) is 5.91 Å². The number of hydrogen-bond acceptors (Lipinski definition) is 3. The minimum absolute atomic E-state index is 0.106. The number of rotatable bonds is 2. The van der Waals surface area contributed by atoms with Crippen LogP contribution in [-0.4, -0.2) is 41.7 Å². The molecule has 1 unspecified atom stereocenters. The third-order valence-electron chi connectivity index (χ3n) is 3.13. The zero-order valence-corrected chi connectivity index (χ0v) is 12.0. The maximum Gasteiger partial charge on any atom is 0.257 e. The molecule has 0 aromatic heterocycles. The molecule has 0 spiro atoms. The zero-order chi connectivity index (χ0) is 13.3. The Morgan fingerprint density at radius 1 is 1.56 bits per heavy atom. The summed E-state index contributed by atoms with van der Waals surface area (Å²) in [4.78, 5) is 14.0. The molecule has 4 nitrogen and oxygen atoms in total. The molecule has 0 radical (unpaired) electrons. The predicted octanol–water partition coefficient (Wildman–Crippen LogP) is 2.05. The van der Waals surface area contributed by atoms with E-state index >= 15 is 0 Å². The van der Waals surface area contributed by atoms with Gasteiger partial charge in [-0.05, 0) is 31.5 Å². The van der Waals surface area contributed by atoms with Gasteiger partial charge in [0.1, 0.15) is 5.75 Å². The lowest BCUT2D eigenvalue weighted by Gasteiger charge is -2.20. The number of ether oxygens (including phenoxy) is 1. The van der Waals surface area contributed by atoms with E-state index in [1.54, 1.807) is 31.1 Å². The molecule has 1 aromatic carbocycles. The summed E-state index contributed by atoms with van der Waals surface area (Å²) in [6.45, 7) is 2.68. The summed E-state index contributed by atoms with van der Waals surface area (Å²) < 4.78 is 6.03. The first-order valence-corrected chi connectivity index (χ1v) is 6.57. The van der Waals surface area contributed by atoms with Crippen molar-refractivity contribution in [2.75, 3.05) is 20.2 Å². The lowest BCUT2D eigenvalue weighted by molar-refractivity contribution is 0.0570. The van der Waals surface area contributed by atoms with E-state index in [1.807, 2.05) is 6.07 Å². The maximum atomic E-state index is 12.4. The molecule has 1 fully saturated rings. The average molecular weight is 314 g/mol. The molecule has 18 heavy (non-hydrogen) atoms. The number of benzene rings is 1. The van der Waals surface area contributed by atoms with Crippen LogP contribution in [0.2, 0.25) is 0 Å². The van der Waals surface area contributed by atoms with E-state index in [4.69, 9.17) is 4.74 Å². The Morgan fingerprint density at radius 2 is 2.28 bits per heavy atom. The quantitative estimate of drug-likeness (QED) is 0.909. The number of nitrogens with zero attached hydrogens (tertiary/aromatic N) is 1. The van der Waals surface area contributed by atoms with Crippen molar-refractivity contribution in [3.8, 4) is 5.75 Å². The molecular formula is C13H16BrNO3. The van der Waals surface area contributed by atoms with Gasteiger partial charge in [0.15, 0.2) is 0 Å². The number of likely N-dealkylation sites (tertiary alicyclic amines) is 1. The number of amides is 1. The summed E-state index contributed by atoms with van der Waals surface area (Å²) in [7, 11) is 1.54. The van der Waals surface area contributed by atoms with E-state index in [2.05, 4.69) is 15.9 Å². The molecule has 1 aliphatic rings. The van der Waals surface area contributed by atoms with Crippen molar-refractivity contribution in [2.45, 2.75) is 18.9 Å².